The Morgan fingerprint density at radius 1 is 0.828 bits per heavy atom. The van der Waals surface area contributed by atoms with Gasteiger partial charge in [0.15, 0.2) is 5.78 Å². The summed E-state index contributed by atoms with van der Waals surface area (Å²) in [7, 11) is 0. The molecule has 0 fully saturated rings. The fourth-order valence-electron chi connectivity index (χ4n) is 3.01. The Morgan fingerprint density at radius 2 is 1.59 bits per heavy atom. The molecule has 0 N–H and O–H groups in total. The molecule has 0 aliphatic heterocycles. The summed E-state index contributed by atoms with van der Waals surface area (Å²) >= 11 is 0. The Balaban J connectivity index is 1.38. The van der Waals surface area contributed by atoms with Crippen LogP contribution in [0, 0.1) is 0 Å². The number of nitrogens with zero attached hydrogens (tertiary/aromatic N) is 1. The van der Waals surface area contributed by atoms with E-state index in [2.05, 4.69) is 0 Å². The van der Waals surface area contributed by atoms with Gasteiger partial charge in [-0.05, 0) is 53.6 Å². The van der Waals surface area contributed by atoms with Gasteiger partial charge in [0.2, 0.25) is 0 Å². The number of ether oxygens (including phenoxy) is 1. The Morgan fingerprint density at radius 3 is 2.34 bits per heavy atom. The molecule has 29 heavy (non-hydrogen) atoms. The van der Waals surface area contributed by atoms with E-state index >= 15 is 0 Å². The molecule has 0 spiro atoms. The topological polar surface area (TPSA) is 31.2 Å². The molecule has 4 aromatic rings. The highest BCUT2D eigenvalue weighted by molar-refractivity contribution is 6.07. The van der Waals surface area contributed by atoms with E-state index in [0.717, 1.165) is 22.6 Å². The predicted molar refractivity (Wildman–Crippen MR) is 116 cm³/mol. The second kappa shape index (κ2) is 8.89. The van der Waals surface area contributed by atoms with Gasteiger partial charge in [0.1, 0.15) is 12.4 Å². The summed E-state index contributed by atoms with van der Waals surface area (Å²) in [5.74, 6) is 0.778. The maximum Gasteiger partial charge on any atom is 0.185 e. The van der Waals surface area contributed by atoms with Gasteiger partial charge < -0.3 is 9.30 Å². The largest absolute Gasteiger partial charge is 0.489 e. The molecule has 1 aromatic heterocycles. The van der Waals surface area contributed by atoms with E-state index < -0.39 is 0 Å². The smallest absolute Gasteiger partial charge is 0.185 e. The Bertz CT molecular complexity index is 1100. The van der Waals surface area contributed by atoms with Crippen LogP contribution in [0.25, 0.3) is 11.8 Å². The molecule has 1 heterocycles. The second-order valence-electron chi connectivity index (χ2n) is 6.68. The molecule has 3 heteroatoms. The van der Waals surface area contributed by atoms with Gasteiger partial charge in [0.25, 0.3) is 0 Å². The number of rotatable bonds is 7. The van der Waals surface area contributed by atoms with Crippen LogP contribution in [0.15, 0.2) is 109 Å². The molecule has 0 atom stereocenters. The van der Waals surface area contributed by atoms with Crippen LogP contribution in [0.2, 0.25) is 0 Å². The summed E-state index contributed by atoms with van der Waals surface area (Å²) in [5.41, 5.74) is 3.71. The van der Waals surface area contributed by atoms with E-state index in [0.29, 0.717) is 12.2 Å². The van der Waals surface area contributed by atoms with Crippen molar-refractivity contribution in [1.29, 1.82) is 0 Å². The van der Waals surface area contributed by atoms with Gasteiger partial charge >= 0.3 is 0 Å². The van der Waals surface area contributed by atoms with E-state index in [1.165, 1.54) is 0 Å². The molecule has 0 saturated carbocycles. The molecule has 142 valence electrons. The fourth-order valence-corrected chi connectivity index (χ4v) is 3.01. The van der Waals surface area contributed by atoms with Gasteiger partial charge in [-0.15, -0.1) is 0 Å². The lowest BCUT2D eigenvalue weighted by atomic mass is 10.1. The van der Waals surface area contributed by atoms with Crippen molar-refractivity contribution in [2.24, 2.45) is 0 Å². The summed E-state index contributed by atoms with van der Waals surface area (Å²) in [6.45, 7) is 0.534. The third kappa shape index (κ3) is 4.90. The molecule has 3 aromatic carbocycles. The van der Waals surface area contributed by atoms with E-state index in [1.54, 1.807) is 6.08 Å². The average Bonchev–Trinajstić information content (AvgIpc) is 3.33. The minimum Gasteiger partial charge on any atom is -0.489 e. The van der Waals surface area contributed by atoms with Crippen molar-refractivity contribution in [3.05, 3.63) is 126 Å². The third-order valence-electron chi connectivity index (χ3n) is 4.59. The molecule has 0 unspecified atom stereocenters. The highest BCUT2D eigenvalue weighted by atomic mass is 16.5. The first-order valence-electron chi connectivity index (χ1n) is 9.50. The molecule has 0 amide bonds. The zero-order chi connectivity index (χ0) is 19.9. The molecule has 4 rings (SSSR count). The van der Waals surface area contributed by atoms with Gasteiger partial charge in [-0.2, -0.15) is 0 Å². The molecule has 0 bridgehead atoms. The monoisotopic (exact) mass is 379 g/mol. The average molecular weight is 379 g/mol. The van der Waals surface area contributed by atoms with Crippen molar-refractivity contribution in [2.75, 3.05) is 0 Å². The number of allylic oxidation sites excluding steroid dienone is 1. The number of hydrogen-bond acceptors (Lipinski definition) is 2. The van der Waals surface area contributed by atoms with Gasteiger partial charge in [0.05, 0.1) is 0 Å². The molecule has 0 radical (unpaired) electrons. The molecular weight excluding hydrogens is 358 g/mol. The number of hydrogen-bond donors (Lipinski definition) is 0. The SMILES string of the molecule is O=C(/C=C/c1ccc(OCc2ccccc2)cc1)c1cccc(-n2cccc2)c1. The number of carbonyl (C=O) groups excluding carboxylic acids is 1. The van der Waals surface area contributed by atoms with Crippen LogP contribution in [0.5, 0.6) is 5.75 Å². The summed E-state index contributed by atoms with van der Waals surface area (Å²) in [4.78, 5) is 12.5. The lowest BCUT2D eigenvalue weighted by Crippen LogP contribution is -1.97. The summed E-state index contributed by atoms with van der Waals surface area (Å²) in [6, 6.07) is 29.3. The van der Waals surface area contributed by atoms with Crippen molar-refractivity contribution in [3.63, 3.8) is 0 Å². The van der Waals surface area contributed by atoms with Gasteiger partial charge in [-0.25, -0.2) is 0 Å². The minimum absolute atomic E-state index is 0.0246. The highest BCUT2D eigenvalue weighted by Gasteiger charge is 2.04. The van der Waals surface area contributed by atoms with Crippen LogP contribution >= 0.6 is 0 Å². The standard InChI is InChI=1S/C26H21NO2/c28-26(23-9-6-10-24(19-23)27-17-4-5-18-27)16-13-21-11-14-25(15-12-21)29-20-22-7-2-1-3-8-22/h1-19H,20H2/b16-13+. The Labute approximate surface area is 170 Å². The Hall–Kier alpha value is -3.85. The van der Waals surface area contributed by atoms with E-state index in [9.17, 15) is 4.79 Å². The van der Waals surface area contributed by atoms with Crippen molar-refractivity contribution < 1.29 is 9.53 Å². The van der Waals surface area contributed by atoms with E-state index in [1.807, 2.05) is 114 Å². The third-order valence-corrected chi connectivity index (χ3v) is 4.59. The zero-order valence-electron chi connectivity index (χ0n) is 15.9. The number of benzene rings is 3. The van der Waals surface area contributed by atoms with Crippen molar-refractivity contribution in [3.8, 4) is 11.4 Å². The zero-order valence-corrected chi connectivity index (χ0v) is 15.9. The molecular formula is C26H21NO2. The van der Waals surface area contributed by atoms with Crippen molar-refractivity contribution in [1.82, 2.24) is 4.57 Å². The van der Waals surface area contributed by atoms with Crippen LogP contribution in [-0.2, 0) is 6.61 Å². The number of ketones is 1. The second-order valence-corrected chi connectivity index (χ2v) is 6.68. The lowest BCUT2D eigenvalue weighted by molar-refractivity contribution is 0.104. The van der Waals surface area contributed by atoms with Crippen LogP contribution in [0.1, 0.15) is 21.5 Å². The van der Waals surface area contributed by atoms with Crippen molar-refractivity contribution >= 4 is 11.9 Å². The summed E-state index contributed by atoms with van der Waals surface area (Å²) in [6.07, 6.45) is 7.35. The maximum absolute atomic E-state index is 12.5. The number of carbonyl (C=O) groups is 1. The summed E-state index contributed by atoms with van der Waals surface area (Å²) in [5, 5.41) is 0. The van der Waals surface area contributed by atoms with Crippen LogP contribution < -0.4 is 4.74 Å². The van der Waals surface area contributed by atoms with E-state index in [-0.39, 0.29) is 5.78 Å². The minimum atomic E-state index is -0.0246. The van der Waals surface area contributed by atoms with Gasteiger partial charge in [-0.1, -0.05) is 60.7 Å². The molecule has 0 saturated heterocycles. The first-order chi connectivity index (χ1) is 14.3. The Kier molecular flexibility index (Phi) is 5.68. The van der Waals surface area contributed by atoms with Crippen LogP contribution in [0.4, 0.5) is 0 Å². The normalized spacial score (nSPS) is 10.9. The quantitative estimate of drug-likeness (QED) is 0.293. The lowest BCUT2D eigenvalue weighted by Gasteiger charge is -2.06. The van der Waals surface area contributed by atoms with Crippen LogP contribution in [-0.4, -0.2) is 10.4 Å². The molecule has 0 aliphatic rings. The first kappa shape index (κ1) is 18.5. The highest BCUT2D eigenvalue weighted by Crippen LogP contribution is 2.16. The van der Waals surface area contributed by atoms with E-state index in [4.69, 9.17) is 4.74 Å². The molecule has 0 aliphatic carbocycles. The fraction of sp³-hybridized carbons (Fsp3) is 0.0385. The van der Waals surface area contributed by atoms with Crippen LogP contribution in [0.3, 0.4) is 0 Å². The first-order valence-corrected chi connectivity index (χ1v) is 9.50. The maximum atomic E-state index is 12.5. The number of aromatic nitrogens is 1. The van der Waals surface area contributed by atoms with Gasteiger partial charge in [-0.3, -0.25) is 4.79 Å². The summed E-state index contributed by atoms with van der Waals surface area (Å²) < 4.78 is 7.78. The van der Waals surface area contributed by atoms with Gasteiger partial charge in [0, 0.05) is 23.6 Å². The van der Waals surface area contributed by atoms with Crippen molar-refractivity contribution in [2.45, 2.75) is 6.61 Å². The predicted octanol–water partition coefficient (Wildman–Crippen LogP) is 5.95. The molecule has 3 nitrogen and oxygen atoms in total.